The summed E-state index contributed by atoms with van der Waals surface area (Å²) in [5, 5.41) is 0. The van der Waals surface area contributed by atoms with E-state index in [-0.39, 0.29) is 12.1 Å². The Morgan fingerprint density at radius 1 is 1.28 bits per heavy atom. The van der Waals surface area contributed by atoms with E-state index in [1.54, 1.807) is 11.3 Å². The summed E-state index contributed by atoms with van der Waals surface area (Å²) in [5.41, 5.74) is 6.14. The second-order valence-corrected chi connectivity index (χ2v) is 6.31. The zero-order chi connectivity index (χ0) is 13.4. The summed E-state index contributed by atoms with van der Waals surface area (Å²) in [6, 6.07) is 3.99. The van der Waals surface area contributed by atoms with E-state index < -0.39 is 0 Å². The van der Waals surface area contributed by atoms with Crippen molar-refractivity contribution in [1.82, 2.24) is 0 Å². The molecule has 0 spiro atoms. The molecule has 0 saturated carbocycles. The van der Waals surface area contributed by atoms with Gasteiger partial charge in [-0.3, -0.25) is 0 Å². The normalized spacial score (nSPS) is 14.7. The lowest BCUT2D eigenvalue weighted by Crippen LogP contribution is -2.29. The van der Waals surface area contributed by atoms with E-state index in [4.69, 9.17) is 22.1 Å². The largest absolute Gasteiger partial charge is 0.371 e. The van der Waals surface area contributed by atoms with Crippen molar-refractivity contribution in [3.05, 3.63) is 21.3 Å². The fourth-order valence-electron chi connectivity index (χ4n) is 1.85. The van der Waals surface area contributed by atoms with Crippen molar-refractivity contribution in [3.8, 4) is 0 Å². The molecule has 0 radical (unpaired) electrons. The molecule has 1 aromatic rings. The predicted octanol–water partition coefficient (Wildman–Crippen LogP) is 4.78. The molecule has 4 heteroatoms. The Bertz CT molecular complexity index is 329. The van der Waals surface area contributed by atoms with E-state index in [9.17, 15) is 0 Å². The molecule has 0 bridgehead atoms. The third-order valence-electron chi connectivity index (χ3n) is 3.03. The number of ether oxygens (including phenoxy) is 1. The summed E-state index contributed by atoms with van der Waals surface area (Å²) in [5.74, 6) is 0. The maximum atomic E-state index is 6.14. The second kappa shape index (κ2) is 8.92. The highest BCUT2D eigenvalue weighted by molar-refractivity contribution is 7.16. The lowest BCUT2D eigenvalue weighted by atomic mass is 10.1. The van der Waals surface area contributed by atoms with Gasteiger partial charge in [-0.15, -0.1) is 11.3 Å². The number of halogens is 1. The molecule has 104 valence electrons. The Hall–Kier alpha value is -0.0900. The Balaban J connectivity index is 2.46. The van der Waals surface area contributed by atoms with Crippen LogP contribution in [0.15, 0.2) is 12.1 Å². The summed E-state index contributed by atoms with van der Waals surface area (Å²) in [6.45, 7) is 5.09. The number of unbranched alkanes of at least 4 members (excludes halogenated alkanes) is 3. The summed E-state index contributed by atoms with van der Waals surface area (Å²) >= 11 is 7.55. The highest BCUT2D eigenvalue weighted by atomic mass is 35.5. The molecule has 1 aromatic heterocycles. The van der Waals surface area contributed by atoms with Crippen LogP contribution in [0.1, 0.15) is 56.9 Å². The Labute approximate surface area is 119 Å². The number of thiophene rings is 1. The van der Waals surface area contributed by atoms with Crippen LogP contribution in [-0.2, 0) is 4.74 Å². The van der Waals surface area contributed by atoms with Crippen LogP contribution in [0.5, 0.6) is 0 Å². The van der Waals surface area contributed by atoms with Gasteiger partial charge in [0.1, 0.15) is 6.10 Å². The number of nitrogens with two attached hydrogens (primary N) is 1. The molecule has 0 aliphatic rings. The van der Waals surface area contributed by atoms with Crippen molar-refractivity contribution in [2.45, 2.75) is 58.1 Å². The van der Waals surface area contributed by atoms with Crippen molar-refractivity contribution in [3.63, 3.8) is 0 Å². The highest BCUT2D eigenvalue weighted by Crippen LogP contribution is 2.31. The molecule has 2 nitrogen and oxygen atoms in total. The average molecular weight is 290 g/mol. The smallest absolute Gasteiger partial charge is 0.107 e. The van der Waals surface area contributed by atoms with E-state index in [2.05, 4.69) is 13.8 Å². The van der Waals surface area contributed by atoms with Gasteiger partial charge in [0, 0.05) is 17.5 Å². The molecule has 2 N–H and O–H groups in total. The van der Waals surface area contributed by atoms with Gasteiger partial charge >= 0.3 is 0 Å². The van der Waals surface area contributed by atoms with Gasteiger partial charge in [0.25, 0.3) is 0 Å². The summed E-state index contributed by atoms with van der Waals surface area (Å²) in [4.78, 5) is 1.14. The fourth-order valence-corrected chi connectivity index (χ4v) is 3.04. The molecule has 0 saturated heterocycles. The molecule has 2 unspecified atom stereocenters. The van der Waals surface area contributed by atoms with Crippen LogP contribution in [-0.4, -0.2) is 12.6 Å². The van der Waals surface area contributed by atoms with Crippen LogP contribution in [0.3, 0.4) is 0 Å². The van der Waals surface area contributed by atoms with Crippen molar-refractivity contribution < 1.29 is 4.74 Å². The molecular formula is C14H24ClNOS. The molecular weight excluding hydrogens is 266 g/mol. The molecule has 18 heavy (non-hydrogen) atoms. The standard InChI is InChI=1S/C14H24ClNOS/c1-3-5-6-7-10-17-14(11(16)4-2)12-8-9-13(15)18-12/h8-9,11,14H,3-7,10,16H2,1-2H3. The number of hydrogen-bond donors (Lipinski definition) is 1. The first-order chi connectivity index (χ1) is 8.69. The van der Waals surface area contributed by atoms with Crippen LogP contribution in [0.2, 0.25) is 4.34 Å². The molecule has 1 rings (SSSR count). The maximum absolute atomic E-state index is 6.14. The number of hydrogen-bond acceptors (Lipinski definition) is 3. The molecule has 2 atom stereocenters. The van der Waals surface area contributed by atoms with Gasteiger partial charge in [-0.25, -0.2) is 0 Å². The van der Waals surface area contributed by atoms with Crippen molar-refractivity contribution in [1.29, 1.82) is 0 Å². The highest BCUT2D eigenvalue weighted by Gasteiger charge is 2.20. The van der Waals surface area contributed by atoms with Gasteiger partial charge in [0.15, 0.2) is 0 Å². The maximum Gasteiger partial charge on any atom is 0.107 e. The van der Waals surface area contributed by atoms with E-state index in [1.807, 2.05) is 12.1 Å². The van der Waals surface area contributed by atoms with Crippen molar-refractivity contribution >= 4 is 22.9 Å². The van der Waals surface area contributed by atoms with Gasteiger partial charge in [-0.2, -0.15) is 0 Å². The third-order valence-corrected chi connectivity index (χ3v) is 4.32. The minimum absolute atomic E-state index is 0.00544. The Morgan fingerprint density at radius 3 is 2.61 bits per heavy atom. The zero-order valence-corrected chi connectivity index (χ0v) is 12.9. The van der Waals surface area contributed by atoms with Crippen LogP contribution in [0.25, 0.3) is 0 Å². The Morgan fingerprint density at radius 2 is 2.06 bits per heavy atom. The average Bonchev–Trinajstić information content (AvgIpc) is 2.79. The Kier molecular flexibility index (Phi) is 7.91. The summed E-state index contributed by atoms with van der Waals surface area (Å²) in [6.07, 6.45) is 5.77. The van der Waals surface area contributed by atoms with Gasteiger partial charge in [-0.1, -0.05) is 44.7 Å². The lowest BCUT2D eigenvalue weighted by Gasteiger charge is -2.22. The van der Waals surface area contributed by atoms with Crippen LogP contribution < -0.4 is 5.73 Å². The first-order valence-corrected chi connectivity index (χ1v) is 8.00. The second-order valence-electron chi connectivity index (χ2n) is 4.57. The minimum atomic E-state index is -0.00544. The van der Waals surface area contributed by atoms with E-state index >= 15 is 0 Å². The van der Waals surface area contributed by atoms with E-state index in [1.165, 1.54) is 19.3 Å². The lowest BCUT2D eigenvalue weighted by molar-refractivity contribution is 0.0335. The first kappa shape index (κ1) is 16.0. The first-order valence-electron chi connectivity index (χ1n) is 6.81. The summed E-state index contributed by atoms with van der Waals surface area (Å²) < 4.78 is 6.77. The van der Waals surface area contributed by atoms with Gasteiger partial charge in [-0.05, 0) is 25.0 Å². The third kappa shape index (κ3) is 5.27. The van der Waals surface area contributed by atoms with Gasteiger partial charge < -0.3 is 10.5 Å². The molecule has 1 heterocycles. The summed E-state index contributed by atoms with van der Waals surface area (Å²) in [7, 11) is 0. The molecule has 0 aliphatic carbocycles. The van der Waals surface area contributed by atoms with Crippen LogP contribution >= 0.6 is 22.9 Å². The van der Waals surface area contributed by atoms with Gasteiger partial charge in [0.05, 0.1) is 4.34 Å². The van der Waals surface area contributed by atoms with Crippen molar-refractivity contribution in [2.24, 2.45) is 5.73 Å². The zero-order valence-electron chi connectivity index (χ0n) is 11.3. The van der Waals surface area contributed by atoms with E-state index in [0.717, 1.165) is 28.7 Å². The van der Waals surface area contributed by atoms with Gasteiger partial charge in [0.2, 0.25) is 0 Å². The van der Waals surface area contributed by atoms with Crippen LogP contribution in [0, 0.1) is 0 Å². The molecule has 0 amide bonds. The predicted molar refractivity (Wildman–Crippen MR) is 80.4 cm³/mol. The SMILES string of the molecule is CCCCCCOC(c1ccc(Cl)s1)C(N)CC. The molecule has 0 aromatic carbocycles. The van der Waals surface area contributed by atoms with Crippen molar-refractivity contribution in [2.75, 3.05) is 6.61 Å². The minimum Gasteiger partial charge on any atom is -0.371 e. The molecule has 0 aliphatic heterocycles. The topological polar surface area (TPSA) is 35.2 Å². The monoisotopic (exact) mass is 289 g/mol. The quantitative estimate of drug-likeness (QED) is 0.664. The van der Waals surface area contributed by atoms with Crippen LogP contribution in [0.4, 0.5) is 0 Å². The fraction of sp³-hybridized carbons (Fsp3) is 0.714. The molecule has 0 fully saturated rings. The van der Waals surface area contributed by atoms with E-state index in [0.29, 0.717) is 0 Å². The number of rotatable bonds is 9.